The highest BCUT2D eigenvalue weighted by atomic mass is 16.1. The molecule has 0 aliphatic rings. The third-order valence-corrected chi connectivity index (χ3v) is 1.85. The molecule has 1 aromatic rings. The first-order valence-electron chi connectivity index (χ1n) is 4.80. The predicted octanol–water partition coefficient (Wildman–Crippen LogP) is 1.95. The zero-order valence-electron chi connectivity index (χ0n) is 8.87. The highest BCUT2D eigenvalue weighted by Crippen LogP contribution is 2.14. The number of nitrogens with zero attached hydrogens (tertiary/aromatic N) is 1. The van der Waals surface area contributed by atoms with E-state index in [4.69, 9.17) is 0 Å². The summed E-state index contributed by atoms with van der Waals surface area (Å²) in [6.45, 7) is 6.04. The first-order chi connectivity index (χ1) is 6.63. The number of aryl methyl sites for hydroxylation is 1. The number of pyridine rings is 1. The molecule has 1 rings (SSSR count). The Labute approximate surface area is 84.6 Å². The molecule has 0 saturated heterocycles. The number of nitrogens with one attached hydrogen (secondary N) is 1. The van der Waals surface area contributed by atoms with Crippen molar-refractivity contribution in [1.29, 1.82) is 0 Å². The fourth-order valence-corrected chi connectivity index (χ4v) is 1.24. The zero-order chi connectivity index (χ0) is 10.6. The minimum atomic E-state index is 0.328. The van der Waals surface area contributed by atoms with Crippen LogP contribution in [0, 0.1) is 6.92 Å². The fraction of sp³-hybridized carbons (Fsp3) is 0.455. The van der Waals surface area contributed by atoms with Gasteiger partial charge in [-0.3, -0.25) is 0 Å². The van der Waals surface area contributed by atoms with Crippen molar-refractivity contribution in [2.24, 2.45) is 0 Å². The Morgan fingerprint density at radius 1 is 1.50 bits per heavy atom. The fourth-order valence-electron chi connectivity index (χ4n) is 1.24. The summed E-state index contributed by atoms with van der Waals surface area (Å²) in [4.78, 5) is 14.8. The van der Waals surface area contributed by atoms with E-state index in [9.17, 15) is 4.79 Å². The Morgan fingerprint density at radius 3 is 2.79 bits per heavy atom. The summed E-state index contributed by atoms with van der Waals surface area (Å²) in [5.74, 6) is 0.826. The van der Waals surface area contributed by atoms with Crippen molar-refractivity contribution in [1.82, 2.24) is 4.98 Å². The number of aldehydes is 1. The molecule has 3 nitrogen and oxygen atoms in total. The maximum absolute atomic E-state index is 10.4. The van der Waals surface area contributed by atoms with Gasteiger partial charge in [-0.25, -0.2) is 4.98 Å². The lowest BCUT2D eigenvalue weighted by Gasteiger charge is -2.12. The third-order valence-electron chi connectivity index (χ3n) is 1.85. The van der Waals surface area contributed by atoms with Crippen molar-refractivity contribution in [3.63, 3.8) is 0 Å². The number of carbonyl (C=O) groups excluding carboxylic acids is 1. The number of carbonyl (C=O) groups is 1. The topological polar surface area (TPSA) is 42.0 Å². The molecule has 0 fully saturated rings. The van der Waals surface area contributed by atoms with Crippen LogP contribution in [0.4, 0.5) is 5.82 Å². The quantitative estimate of drug-likeness (QED) is 0.741. The highest BCUT2D eigenvalue weighted by molar-refractivity contribution is 5.60. The van der Waals surface area contributed by atoms with Crippen LogP contribution in [0.5, 0.6) is 0 Å². The molecule has 0 radical (unpaired) electrons. The molecule has 0 bridgehead atoms. The molecular formula is C11H16N2O. The molecule has 1 N–H and O–H groups in total. The van der Waals surface area contributed by atoms with Crippen LogP contribution in [-0.4, -0.2) is 17.3 Å². The van der Waals surface area contributed by atoms with E-state index in [1.165, 1.54) is 0 Å². The maximum Gasteiger partial charge on any atom is 0.130 e. The van der Waals surface area contributed by atoms with Gasteiger partial charge in [-0.1, -0.05) is 6.07 Å². The number of aromatic nitrogens is 1. The standard InChI is InChI=1S/C11H16N2O/c1-8(2)12-11-10(6-7-14)5-4-9(3)13-11/h4-5,7-8H,6H2,1-3H3,(H,12,13). The van der Waals surface area contributed by atoms with Gasteiger partial charge >= 0.3 is 0 Å². The van der Waals surface area contributed by atoms with E-state index in [1.807, 2.05) is 19.1 Å². The molecule has 0 saturated carbocycles. The molecule has 0 aromatic carbocycles. The molecular weight excluding hydrogens is 176 g/mol. The molecule has 14 heavy (non-hydrogen) atoms. The van der Waals surface area contributed by atoms with Gasteiger partial charge in [0.15, 0.2) is 0 Å². The number of rotatable bonds is 4. The van der Waals surface area contributed by atoms with Gasteiger partial charge in [0.1, 0.15) is 12.1 Å². The summed E-state index contributed by atoms with van der Waals surface area (Å²) >= 11 is 0. The van der Waals surface area contributed by atoms with Gasteiger partial charge in [0, 0.05) is 23.7 Å². The smallest absolute Gasteiger partial charge is 0.130 e. The SMILES string of the molecule is Cc1ccc(CC=O)c(NC(C)C)n1. The van der Waals surface area contributed by atoms with Crippen LogP contribution in [0.25, 0.3) is 0 Å². The van der Waals surface area contributed by atoms with Crippen molar-refractivity contribution in [2.45, 2.75) is 33.2 Å². The van der Waals surface area contributed by atoms with Crippen LogP contribution in [0.15, 0.2) is 12.1 Å². The van der Waals surface area contributed by atoms with Crippen molar-refractivity contribution in [2.75, 3.05) is 5.32 Å². The molecule has 1 heterocycles. The second-order valence-electron chi connectivity index (χ2n) is 3.63. The van der Waals surface area contributed by atoms with E-state index >= 15 is 0 Å². The summed E-state index contributed by atoms with van der Waals surface area (Å²) in [5.41, 5.74) is 1.92. The van der Waals surface area contributed by atoms with Gasteiger partial charge in [-0.15, -0.1) is 0 Å². The number of hydrogen-bond acceptors (Lipinski definition) is 3. The summed E-state index contributed by atoms with van der Waals surface area (Å²) in [6.07, 6.45) is 1.32. The van der Waals surface area contributed by atoms with Crippen LogP contribution >= 0.6 is 0 Å². The van der Waals surface area contributed by atoms with Crippen molar-refractivity contribution in [3.8, 4) is 0 Å². The van der Waals surface area contributed by atoms with Crippen molar-refractivity contribution < 1.29 is 4.79 Å². The van der Waals surface area contributed by atoms with E-state index in [2.05, 4.69) is 24.1 Å². The van der Waals surface area contributed by atoms with Crippen LogP contribution < -0.4 is 5.32 Å². The molecule has 0 aliphatic heterocycles. The van der Waals surface area contributed by atoms with Crippen molar-refractivity contribution in [3.05, 3.63) is 23.4 Å². The lowest BCUT2D eigenvalue weighted by molar-refractivity contribution is -0.107. The lowest BCUT2D eigenvalue weighted by Crippen LogP contribution is -2.13. The molecule has 0 spiro atoms. The summed E-state index contributed by atoms with van der Waals surface area (Å²) in [5, 5.41) is 3.23. The molecule has 1 aromatic heterocycles. The Morgan fingerprint density at radius 2 is 2.21 bits per heavy atom. The van der Waals surface area contributed by atoms with Gasteiger partial charge in [0.05, 0.1) is 0 Å². The first-order valence-corrected chi connectivity index (χ1v) is 4.80. The average molecular weight is 192 g/mol. The second-order valence-corrected chi connectivity index (χ2v) is 3.63. The molecule has 0 aliphatic carbocycles. The van der Waals surface area contributed by atoms with Crippen LogP contribution in [0.3, 0.4) is 0 Å². The minimum Gasteiger partial charge on any atom is -0.368 e. The van der Waals surface area contributed by atoms with Gasteiger partial charge in [-0.2, -0.15) is 0 Å². The van der Waals surface area contributed by atoms with E-state index in [-0.39, 0.29) is 0 Å². The Kier molecular flexibility index (Phi) is 3.63. The Bertz CT molecular complexity index is 321. The summed E-state index contributed by atoms with van der Waals surface area (Å²) in [7, 11) is 0. The van der Waals surface area contributed by atoms with Crippen LogP contribution in [0.2, 0.25) is 0 Å². The number of anilines is 1. The maximum atomic E-state index is 10.4. The number of hydrogen-bond donors (Lipinski definition) is 1. The van der Waals surface area contributed by atoms with E-state index in [0.29, 0.717) is 12.5 Å². The van der Waals surface area contributed by atoms with E-state index in [0.717, 1.165) is 23.4 Å². The van der Waals surface area contributed by atoms with Crippen LogP contribution in [0.1, 0.15) is 25.1 Å². The van der Waals surface area contributed by atoms with E-state index < -0.39 is 0 Å². The Balaban J connectivity index is 2.96. The summed E-state index contributed by atoms with van der Waals surface area (Å²) in [6, 6.07) is 4.20. The van der Waals surface area contributed by atoms with Crippen LogP contribution in [-0.2, 0) is 11.2 Å². The second kappa shape index (κ2) is 4.74. The minimum absolute atomic E-state index is 0.328. The van der Waals surface area contributed by atoms with Gasteiger partial charge in [0.2, 0.25) is 0 Å². The highest BCUT2D eigenvalue weighted by Gasteiger charge is 2.04. The predicted molar refractivity (Wildman–Crippen MR) is 57.5 cm³/mol. The third kappa shape index (κ3) is 2.83. The molecule has 76 valence electrons. The van der Waals surface area contributed by atoms with Gasteiger partial charge < -0.3 is 10.1 Å². The molecule has 3 heteroatoms. The monoisotopic (exact) mass is 192 g/mol. The van der Waals surface area contributed by atoms with Crippen molar-refractivity contribution >= 4 is 12.1 Å². The Hall–Kier alpha value is -1.38. The first kappa shape index (κ1) is 10.7. The largest absolute Gasteiger partial charge is 0.368 e. The lowest BCUT2D eigenvalue weighted by atomic mass is 10.2. The normalized spacial score (nSPS) is 10.3. The van der Waals surface area contributed by atoms with Gasteiger partial charge in [0.25, 0.3) is 0 Å². The zero-order valence-corrected chi connectivity index (χ0v) is 8.87. The van der Waals surface area contributed by atoms with E-state index in [1.54, 1.807) is 0 Å². The molecule has 0 atom stereocenters. The molecule has 0 unspecified atom stereocenters. The summed E-state index contributed by atoms with van der Waals surface area (Å²) < 4.78 is 0. The van der Waals surface area contributed by atoms with Gasteiger partial charge in [-0.05, 0) is 26.8 Å². The molecule has 0 amide bonds. The average Bonchev–Trinajstić information content (AvgIpc) is 2.09.